The van der Waals surface area contributed by atoms with Gasteiger partial charge in [-0.2, -0.15) is 0 Å². The number of primary amides is 2. The zero-order valence-electron chi connectivity index (χ0n) is 9.23. The quantitative estimate of drug-likeness (QED) is 0.787. The summed E-state index contributed by atoms with van der Waals surface area (Å²) in [5.74, 6) is -0.970. The number of carbonyl (C=O) groups excluding carboxylic acids is 2. The monoisotopic (exact) mass is 299 g/mol. The predicted molar refractivity (Wildman–Crippen MR) is 67.8 cm³/mol. The highest BCUT2D eigenvalue weighted by atomic mass is 79.9. The van der Waals surface area contributed by atoms with Crippen molar-refractivity contribution in [2.24, 2.45) is 11.5 Å². The molecule has 0 spiro atoms. The molecule has 6 heteroatoms. The van der Waals surface area contributed by atoms with Crippen molar-refractivity contribution in [1.29, 1.82) is 0 Å². The number of nitrogens with two attached hydrogens (primary N) is 2. The fourth-order valence-electron chi connectivity index (χ4n) is 1.50. The van der Waals surface area contributed by atoms with E-state index in [0.29, 0.717) is 6.54 Å². The van der Waals surface area contributed by atoms with E-state index in [1.807, 2.05) is 24.3 Å². The van der Waals surface area contributed by atoms with E-state index in [-0.39, 0.29) is 13.1 Å². The molecule has 0 saturated carbocycles. The van der Waals surface area contributed by atoms with Gasteiger partial charge in [0.1, 0.15) is 0 Å². The minimum Gasteiger partial charge on any atom is -0.369 e. The number of benzene rings is 1. The van der Waals surface area contributed by atoms with Crippen molar-refractivity contribution in [3.63, 3.8) is 0 Å². The lowest BCUT2D eigenvalue weighted by Gasteiger charge is -2.18. The number of hydrogen-bond donors (Lipinski definition) is 2. The molecule has 0 atom stereocenters. The Hall–Kier alpha value is -1.40. The number of amides is 2. The normalized spacial score (nSPS) is 10.5. The van der Waals surface area contributed by atoms with Gasteiger partial charge >= 0.3 is 0 Å². The maximum atomic E-state index is 10.9. The first-order valence-electron chi connectivity index (χ1n) is 5.01. The Labute approximate surface area is 108 Å². The van der Waals surface area contributed by atoms with E-state index in [2.05, 4.69) is 15.9 Å². The van der Waals surface area contributed by atoms with Crippen molar-refractivity contribution >= 4 is 27.7 Å². The summed E-state index contributed by atoms with van der Waals surface area (Å²) in [6.07, 6.45) is 0. The van der Waals surface area contributed by atoms with Gasteiger partial charge in [-0.05, 0) is 17.7 Å². The molecular formula is C11H14BrN3O2. The van der Waals surface area contributed by atoms with Crippen LogP contribution in [0.15, 0.2) is 28.7 Å². The molecule has 92 valence electrons. The molecule has 0 aliphatic rings. The van der Waals surface area contributed by atoms with Gasteiger partial charge in [0.25, 0.3) is 0 Å². The van der Waals surface area contributed by atoms with Crippen LogP contribution in [-0.4, -0.2) is 29.8 Å². The standard InChI is InChI=1S/C11H14BrN3O2/c12-9-3-1-2-8(4-9)5-15(6-10(13)16)7-11(14)17/h1-4H,5-7H2,(H2,13,16)(H2,14,17). The minimum atomic E-state index is -0.485. The summed E-state index contributed by atoms with van der Waals surface area (Å²) in [5, 5.41) is 0. The summed E-state index contributed by atoms with van der Waals surface area (Å²) in [5.41, 5.74) is 11.2. The fraction of sp³-hybridized carbons (Fsp3) is 0.273. The van der Waals surface area contributed by atoms with Gasteiger partial charge < -0.3 is 11.5 Å². The molecule has 2 amide bonds. The maximum absolute atomic E-state index is 10.9. The van der Waals surface area contributed by atoms with E-state index < -0.39 is 11.8 Å². The molecule has 1 aromatic rings. The Balaban J connectivity index is 2.71. The summed E-state index contributed by atoms with van der Waals surface area (Å²) in [6.45, 7) is 0.468. The number of carbonyl (C=O) groups is 2. The van der Waals surface area contributed by atoms with Crippen LogP contribution in [-0.2, 0) is 16.1 Å². The molecule has 0 saturated heterocycles. The second kappa shape index (κ2) is 6.36. The molecule has 0 heterocycles. The molecule has 0 aromatic heterocycles. The molecule has 0 aliphatic heterocycles. The lowest BCUT2D eigenvalue weighted by Crippen LogP contribution is -2.39. The van der Waals surface area contributed by atoms with Crippen LogP contribution in [0.2, 0.25) is 0 Å². The topological polar surface area (TPSA) is 89.4 Å². The molecule has 5 nitrogen and oxygen atoms in total. The average Bonchev–Trinajstić information content (AvgIpc) is 2.14. The number of halogens is 1. The van der Waals surface area contributed by atoms with E-state index >= 15 is 0 Å². The van der Waals surface area contributed by atoms with Crippen molar-refractivity contribution in [1.82, 2.24) is 4.90 Å². The number of rotatable bonds is 6. The van der Waals surface area contributed by atoms with Crippen LogP contribution >= 0.6 is 15.9 Å². The van der Waals surface area contributed by atoms with E-state index in [0.717, 1.165) is 10.0 Å². The smallest absolute Gasteiger partial charge is 0.231 e. The summed E-state index contributed by atoms with van der Waals surface area (Å²) in [7, 11) is 0. The largest absolute Gasteiger partial charge is 0.369 e. The number of nitrogens with zero attached hydrogens (tertiary/aromatic N) is 1. The Kier molecular flexibility index (Phi) is 5.11. The van der Waals surface area contributed by atoms with Crippen LogP contribution in [0.3, 0.4) is 0 Å². The molecular weight excluding hydrogens is 286 g/mol. The molecule has 0 aliphatic carbocycles. The average molecular weight is 300 g/mol. The lowest BCUT2D eigenvalue weighted by molar-refractivity contribution is -0.122. The van der Waals surface area contributed by atoms with Crippen molar-refractivity contribution in [3.8, 4) is 0 Å². The first-order chi connectivity index (χ1) is 7.97. The van der Waals surface area contributed by atoms with Crippen molar-refractivity contribution in [2.75, 3.05) is 13.1 Å². The van der Waals surface area contributed by atoms with E-state index in [4.69, 9.17) is 11.5 Å². The third-order valence-corrected chi connectivity index (χ3v) is 2.55. The Bertz CT molecular complexity index is 407. The first-order valence-corrected chi connectivity index (χ1v) is 5.80. The van der Waals surface area contributed by atoms with Gasteiger partial charge in [-0.3, -0.25) is 14.5 Å². The van der Waals surface area contributed by atoms with Crippen LogP contribution in [0, 0.1) is 0 Å². The van der Waals surface area contributed by atoms with Crippen LogP contribution in [0.25, 0.3) is 0 Å². The van der Waals surface area contributed by atoms with Gasteiger partial charge in [0.05, 0.1) is 13.1 Å². The van der Waals surface area contributed by atoms with Gasteiger partial charge in [-0.15, -0.1) is 0 Å². The molecule has 1 rings (SSSR count). The molecule has 0 unspecified atom stereocenters. The first kappa shape index (κ1) is 13.7. The zero-order chi connectivity index (χ0) is 12.8. The summed E-state index contributed by atoms with van der Waals surface area (Å²) in [4.78, 5) is 23.3. The van der Waals surface area contributed by atoms with Gasteiger partial charge in [0.15, 0.2) is 0 Å². The van der Waals surface area contributed by atoms with Crippen molar-refractivity contribution in [3.05, 3.63) is 34.3 Å². The van der Waals surface area contributed by atoms with Crippen LogP contribution in [0.1, 0.15) is 5.56 Å². The SMILES string of the molecule is NC(=O)CN(CC(N)=O)Cc1cccc(Br)c1. The Morgan fingerprint density at radius 1 is 1.18 bits per heavy atom. The van der Waals surface area contributed by atoms with Gasteiger partial charge in [0.2, 0.25) is 11.8 Å². The van der Waals surface area contributed by atoms with Crippen LogP contribution in [0.4, 0.5) is 0 Å². The highest BCUT2D eigenvalue weighted by Gasteiger charge is 2.11. The molecule has 0 bridgehead atoms. The summed E-state index contributed by atoms with van der Waals surface area (Å²) in [6, 6.07) is 7.59. The van der Waals surface area contributed by atoms with E-state index in [9.17, 15) is 9.59 Å². The minimum absolute atomic E-state index is 0.00938. The number of hydrogen-bond acceptors (Lipinski definition) is 3. The van der Waals surface area contributed by atoms with Crippen molar-refractivity contribution in [2.45, 2.75) is 6.54 Å². The van der Waals surface area contributed by atoms with Crippen LogP contribution < -0.4 is 11.5 Å². The highest BCUT2D eigenvalue weighted by Crippen LogP contribution is 2.13. The van der Waals surface area contributed by atoms with Crippen molar-refractivity contribution < 1.29 is 9.59 Å². The predicted octanol–water partition coefficient (Wildman–Crippen LogP) is 0.222. The molecule has 0 fully saturated rings. The second-order valence-corrected chi connectivity index (χ2v) is 4.62. The fourth-order valence-corrected chi connectivity index (χ4v) is 1.95. The summed E-state index contributed by atoms with van der Waals surface area (Å²) >= 11 is 3.35. The lowest BCUT2D eigenvalue weighted by atomic mass is 10.2. The zero-order valence-corrected chi connectivity index (χ0v) is 10.8. The Morgan fingerprint density at radius 3 is 2.24 bits per heavy atom. The molecule has 17 heavy (non-hydrogen) atoms. The Morgan fingerprint density at radius 2 is 1.76 bits per heavy atom. The van der Waals surface area contributed by atoms with Gasteiger partial charge in [-0.1, -0.05) is 28.1 Å². The van der Waals surface area contributed by atoms with E-state index in [1.54, 1.807) is 4.90 Å². The van der Waals surface area contributed by atoms with Crippen LogP contribution in [0.5, 0.6) is 0 Å². The van der Waals surface area contributed by atoms with E-state index in [1.165, 1.54) is 0 Å². The molecule has 0 radical (unpaired) electrons. The van der Waals surface area contributed by atoms with Gasteiger partial charge in [0, 0.05) is 11.0 Å². The summed E-state index contributed by atoms with van der Waals surface area (Å²) < 4.78 is 0.938. The highest BCUT2D eigenvalue weighted by molar-refractivity contribution is 9.10. The molecule has 1 aromatic carbocycles. The third-order valence-electron chi connectivity index (χ3n) is 2.05. The molecule has 4 N–H and O–H groups in total. The van der Waals surface area contributed by atoms with Gasteiger partial charge in [-0.25, -0.2) is 0 Å². The maximum Gasteiger partial charge on any atom is 0.231 e. The third kappa shape index (κ3) is 5.46. The second-order valence-electron chi connectivity index (χ2n) is 3.71.